The molecule has 1 saturated heterocycles. The molecule has 0 spiro atoms. The van der Waals surface area contributed by atoms with Crippen LogP contribution in [0.15, 0.2) is 0 Å². The first-order valence-corrected chi connectivity index (χ1v) is 7.35. The Morgan fingerprint density at radius 1 is 1.33 bits per heavy atom. The predicted octanol–water partition coefficient (Wildman–Crippen LogP) is 0.848. The standard InChI is InChI=1S/C14H28N2O2/c1-12(2)15-14(11-17,13-4-5-13)10-16-6-3-8-18-9-7-16/h12-13,15,17H,3-11H2,1-2H3. The molecule has 0 aromatic carbocycles. The molecule has 106 valence electrons. The van der Waals surface area contributed by atoms with Gasteiger partial charge in [0.15, 0.2) is 0 Å². The Morgan fingerprint density at radius 2 is 2.11 bits per heavy atom. The second kappa shape index (κ2) is 6.33. The van der Waals surface area contributed by atoms with E-state index in [-0.39, 0.29) is 12.1 Å². The summed E-state index contributed by atoms with van der Waals surface area (Å²) in [6, 6.07) is 0.418. The fraction of sp³-hybridized carbons (Fsp3) is 1.00. The van der Waals surface area contributed by atoms with Crippen LogP contribution in [0.3, 0.4) is 0 Å². The fourth-order valence-electron chi connectivity index (χ4n) is 3.08. The lowest BCUT2D eigenvalue weighted by molar-refractivity contribution is 0.0794. The zero-order chi connectivity index (χ0) is 13.0. The largest absolute Gasteiger partial charge is 0.394 e. The van der Waals surface area contributed by atoms with E-state index >= 15 is 0 Å². The third-order valence-corrected chi connectivity index (χ3v) is 4.04. The molecule has 1 saturated carbocycles. The minimum Gasteiger partial charge on any atom is -0.394 e. The van der Waals surface area contributed by atoms with Crippen LogP contribution in [-0.2, 0) is 4.74 Å². The van der Waals surface area contributed by atoms with E-state index in [1.165, 1.54) is 12.8 Å². The van der Waals surface area contributed by atoms with Crippen LogP contribution in [0, 0.1) is 5.92 Å². The Morgan fingerprint density at radius 3 is 2.72 bits per heavy atom. The summed E-state index contributed by atoms with van der Waals surface area (Å²) in [4.78, 5) is 2.46. The van der Waals surface area contributed by atoms with Crippen molar-refractivity contribution in [3.63, 3.8) is 0 Å². The van der Waals surface area contributed by atoms with Crippen LogP contribution in [0.1, 0.15) is 33.1 Å². The van der Waals surface area contributed by atoms with Crippen molar-refractivity contribution in [1.29, 1.82) is 0 Å². The quantitative estimate of drug-likeness (QED) is 0.739. The number of nitrogens with zero attached hydrogens (tertiary/aromatic N) is 1. The Balaban J connectivity index is 1.98. The van der Waals surface area contributed by atoms with Crippen LogP contribution in [0.5, 0.6) is 0 Å². The lowest BCUT2D eigenvalue weighted by Gasteiger charge is -2.39. The minimum atomic E-state index is -0.0987. The highest BCUT2D eigenvalue weighted by Crippen LogP contribution is 2.40. The molecule has 1 aliphatic heterocycles. The number of ether oxygens (including phenoxy) is 1. The number of nitrogens with one attached hydrogen (secondary N) is 1. The van der Waals surface area contributed by atoms with E-state index in [0.29, 0.717) is 12.0 Å². The summed E-state index contributed by atoms with van der Waals surface area (Å²) >= 11 is 0. The van der Waals surface area contributed by atoms with Crippen LogP contribution in [0.2, 0.25) is 0 Å². The molecular weight excluding hydrogens is 228 g/mol. The Hall–Kier alpha value is -0.160. The van der Waals surface area contributed by atoms with Crippen molar-refractivity contribution >= 4 is 0 Å². The van der Waals surface area contributed by atoms with Gasteiger partial charge in [-0.05, 0) is 25.2 Å². The summed E-state index contributed by atoms with van der Waals surface area (Å²) in [5, 5.41) is 13.6. The molecule has 1 unspecified atom stereocenters. The molecule has 2 rings (SSSR count). The zero-order valence-corrected chi connectivity index (χ0v) is 11.8. The normalized spacial score (nSPS) is 26.0. The summed E-state index contributed by atoms with van der Waals surface area (Å²) in [6.45, 7) is 9.32. The summed E-state index contributed by atoms with van der Waals surface area (Å²) in [7, 11) is 0. The molecule has 4 nitrogen and oxygen atoms in total. The second-order valence-corrected chi connectivity index (χ2v) is 6.13. The minimum absolute atomic E-state index is 0.0987. The Labute approximate surface area is 111 Å². The summed E-state index contributed by atoms with van der Waals surface area (Å²) in [5.74, 6) is 0.647. The van der Waals surface area contributed by atoms with Crippen LogP contribution in [-0.4, -0.2) is 61.0 Å². The molecule has 2 fully saturated rings. The van der Waals surface area contributed by atoms with Crippen molar-refractivity contribution in [3.05, 3.63) is 0 Å². The van der Waals surface area contributed by atoms with Crippen LogP contribution >= 0.6 is 0 Å². The highest BCUT2D eigenvalue weighted by Gasteiger charge is 2.45. The lowest BCUT2D eigenvalue weighted by atomic mass is 9.92. The predicted molar refractivity (Wildman–Crippen MR) is 72.7 cm³/mol. The monoisotopic (exact) mass is 256 g/mol. The molecule has 0 bridgehead atoms. The maximum atomic E-state index is 9.92. The van der Waals surface area contributed by atoms with Gasteiger partial charge in [0.05, 0.1) is 18.8 Å². The Kier molecular flexibility index (Phi) is 5.01. The topological polar surface area (TPSA) is 44.7 Å². The van der Waals surface area contributed by atoms with Gasteiger partial charge < -0.3 is 15.2 Å². The van der Waals surface area contributed by atoms with Crippen molar-refractivity contribution < 1.29 is 9.84 Å². The Bertz CT molecular complexity index is 248. The third-order valence-electron chi connectivity index (χ3n) is 4.04. The van der Waals surface area contributed by atoms with Gasteiger partial charge in [0.25, 0.3) is 0 Å². The first-order valence-electron chi connectivity index (χ1n) is 7.35. The number of aliphatic hydroxyl groups excluding tert-OH is 1. The molecule has 2 N–H and O–H groups in total. The van der Waals surface area contributed by atoms with E-state index < -0.39 is 0 Å². The summed E-state index contributed by atoms with van der Waals surface area (Å²) < 4.78 is 5.51. The zero-order valence-electron chi connectivity index (χ0n) is 11.8. The van der Waals surface area contributed by atoms with Gasteiger partial charge in [-0.25, -0.2) is 0 Å². The molecule has 18 heavy (non-hydrogen) atoms. The third kappa shape index (κ3) is 3.67. The van der Waals surface area contributed by atoms with Crippen molar-refractivity contribution in [2.45, 2.75) is 44.7 Å². The smallest absolute Gasteiger partial charge is 0.0628 e. The van der Waals surface area contributed by atoms with E-state index in [2.05, 4.69) is 24.1 Å². The van der Waals surface area contributed by atoms with Gasteiger partial charge >= 0.3 is 0 Å². The number of aliphatic hydroxyl groups is 1. The van der Waals surface area contributed by atoms with Gasteiger partial charge in [0.2, 0.25) is 0 Å². The van der Waals surface area contributed by atoms with Gasteiger partial charge in [-0.1, -0.05) is 13.8 Å². The number of rotatable bonds is 6. The molecule has 0 aromatic rings. The molecular formula is C14H28N2O2. The van der Waals surface area contributed by atoms with Gasteiger partial charge in [0, 0.05) is 32.3 Å². The van der Waals surface area contributed by atoms with E-state index in [0.717, 1.165) is 39.3 Å². The molecule has 4 heteroatoms. The first-order chi connectivity index (χ1) is 8.66. The van der Waals surface area contributed by atoms with E-state index in [1.807, 2.05) is 0 Å². The van der Waals surface area contributed by atoms with Gasteiger partial charge in [-0.3, -0.25) is 4.90 Å². The van der Waals surface area contributed by atoms with Crippen molar-refractivity contribution in [3.8, 4) is 0 Å². The maximum absolute atomic E-state index is 9.92. The van der Waals surface area contributed by atoms with Crippen LogP contribution < -0.4 is 5.32 Å². The summed E-state index contributed by atoms with van der Waals surface area (Å²) in [6.07, 6.45) is 3.61. The van der Waals surface area contributed by atoms with Crippen LogP contribution in [0.25, 0.3) is 0 Å². The fourth-order valence-corrected chi connectivity index (χ4v) is 3.08. The number of hydrogen-bond acceptors (Lipinski definition) is 4. The lowest BCUT2D eigenvalue weighted by Crippen LogP contribution is -2.60. The van der Waals surface area contributed by atoms with Gasteiger partial charge in [0.1, 0.15) is 0 Å². The van der Waals surface area contributed by atoms with Crippen molar-refractivity contribution in [2.24, 2.45) is 5.92 Å². The van der Waals surface area contributed by atoms with Gasteiger partial charge in [-0.15, -0.1) is 0 Å². The van der Waals surface area contributed by atoms with E-state index in [4.69, 9.17) is 4.74 Å². The first kappa shape index (κ1) is 14.3. The molecule has 0 aromatic heterocycles. The number of hydrogen-bond donors (Lipinski definition) is 2. The molecule has 0 amide bonds. The van der Waals surface area contributed by atoms with Gasteiger partial charge in [-0.2, -0.15) is 0 Å². The molecule has 1 atom stereocenters. The molecule has 0 radical (unpaired) electrons. The molecule has 1 aliphatic carbocycles. The SMILES string of the molecule is CC(C)NC(CO)(CN1CCCOCC1)C1CC1. The average Bonchev–Trinajstić information content (AvgIpc) is 3.15. The second-order valence-electron chi connectivity index (χ2n) is 6.13. The summed E-state index contributed by atoms with van der Waals surface area (Å²) in [5.41, 5.74) is -0.0987. The molecule has 2 aliphatic rings. The highest BCUT2D eigenvalue weighted by atomic mass is 16.5. The molecule has 1 heterocycles. The van der Waals surface area contributed by atoms with Crippen molar-refractivity contribution in [1.82, 2.24) is 10.2 Å². The highest BCUT2D eigenvalue weighted by molar-refractivity contribution is 5.03. The van der Waals surface area contributed by atoms with E-state index in [1.54, 1.807) is 0 Å². The van der Waals surface area contributed by atoms with Crippen molar-refractivity contribution in [2.75, 3.05) is 39.5 Å². The van der Waals surface area contributed by atoms with Crippen LogP contribution in [0.4, 0.5) is 0 Å². The maximum Gasteiger partial charge on any atom is 0.0628 e. The van der Waals surface area contributed by atoms with E-state index in [9.17, 15) is 5.11 Å². The average molecular weight is 256 g/mol.